The number of carbonyl (C=O) groups is 2. The summed E-state index contributed by atoms with van der Waals surface area (Å²) in [7, 11) is 1.72. The van der Waals surface area contributed by atoms with Crippen LogP contribution in [0.25, 0.3) is 6.08 Å². The third-order valence-corrected chi connectivity index (χ3v) is 6.65. The van der Waals surface area contributed by atoms with Crippen molar-refractivity contribution in [1.82, 2.24) is 14.7 Å². The maximum absolute atomic E-state index is 12.8. The number of hydrogen-bond donors (Lipinski definition) is 0. The van der Waals surface area contributed by atoms with Gasteiger partial charge in [0.1, 0.15) is 0 Å². The highest BCUT2D eigenvalue weighted by atomic mass is 35.5. The van der Waals surface area contributed by atoms with E-state index in [0.29, 0.717) is 48.7 Å². The van der Waals surface area contributed by atoms with Crippen molar-refractivity contribution < 1.29 is 14.3 Å². The Labute approximate surface area is 188 Å². The zero-order chi connectivity index (χ0) is 21.7. The van der Waals surface area contributed by atoms with Gasteiger partial charge in [0.05, 0.1) is 22.8 Å². The highest BCUT2D eigenvalue weighted by Gasteiger charge is 2.34. The summed E-state index contributed by atoms with van der Waals surface area (Å²) in [6.07, 6.45) is 5.78. The van der Waals surface area contributed by atoms with Crippen molar-refractivity contribution in [3.63, 3.8) is 0 Å². The predicted octanol–water partition coefficient (Wildman–Crippen LogP) is 3.52. The van der Waals surface area contributed by atoms with Crippen molar-refractivity contribution in [2.24, 2.45) is 0 Å². The van der Waals surface area contributed by atoms with Crippen molar-refractivity contribution in [3.8, 4) is 0 Å². The summed E-state index contributed by atoms with van der Waals surface area (Å²) in [5.41, 5.74) is 0.803. The molecule has 2 fully saturated rings. The first-order chi connectivity index (χ1) is 14.4. The van der Waals surface area contributed by atoms with E-state index in [2.05, 4.69) is 11.8 Å². The standard InChI is InChI=1S/C22H29Cl2N3O3/c1-16(26-10-3-4-18(26)15-30-2)27-13-12-25(11-9-22(27)29)21(28)8-6-17-5-7-19(23)20(24)14-17/h5-8,14,16,18H,3-4,9-13,15H2,1-2H3/b8-6+/t16-,18-/m0/s1. The molecule has 164 valence electrons. The van der Waals surface area contributed by atoms with Gasteiger partial charge in [0, 0.05) is 51.8 Å². The Morgan fingerprint density at radius 1 is 1.23 bits per heavy atom. The van der Waals surface area contributed by atoms with Crippen LogP contribution in [0.5, 0.6) is 0 Å². The molecule has 0 unspecified atom stereocenters. The fraction of sp³-hybridized carbons (Fsp3) is 0.545. The van der Waals surface area contributed by atoms with Gasteiger partial charge in [-0.1, -0.05) is 29.3 Å². The smallest absolute Gasteiger partial charge is 0.246 e. The minimum atomic E-state index is -0.109. The lowest BCUT2D eigenvalue weighted by molar-refractivity contribution is -0.136. The zero-order valence-electron chi connectivity index (χ0n) is 17.5. The van der Waals surface area contributed by atoms with E-state index in [-0.39, 0.29) is 18.0 Å². The summed E-state index contributed by atoms with van der Waals surface area (Å²) in [5.74, 6) is -0.0175. The number of halogens is 2. The van der Waals surface area contributed by atoms with Crippen LogP contribution in [0.15, 0.2) is 24.3 Å². The molecule has 1 aromatic rings. The Balaban J connectivity index is 1.61. The molecule has 2 heterocycles. The Morgan fingerprint density at radius 2 is 2.03 bits per heavy atom. The van der Waals surface area contributed by atoms with Gasteiger partial charge >= 0.3 is 0 Å². The summed E-state index contributed by atoms with van der Waals surface area (Å²) in [5, 5.41) is 0.927. The molecule has 0 aromatic heterocycles. The number of rotatable bonds is 6. The van der Waals surface area contributed by atoms with Gasteiger partial charge in [-0.2, -0.15) is 0 Å². The maximum atomic E-state index is 12.8. The lowest BCUT2D eigenvalue weighted by atomic mass is 10.2. The Hall–Kier alpha value is -1.60. The van der Waals surface area contributed by atoms with Crippen LogP contribution in [-0.4, -0.2) is 78.6 Å². The molecule has 2 aliphatic rings. The summed E-state index contributed by atoms with van der Waals surface area (Å²) in [4.78, 5) is 31.4. The SMILES string of the molecule is COC[C@@H]1CCCN1[C@H](C)N1CCN(C(=O)/C=C/c2ccc(Cl)c(Cl)c2)CCC1=O. The van der Waals surface area contributed by atoms with Crippen LogP contribution in [0.4, 0.5) is 0 Å². The van der Waals surface area contributed by atoms with Gasteiger partial charge in [-0.25, -0.2) is 0 Å². The quantitative estimate of drug-likeness (QED) is 0.618. The average Bonchev–Trinajstić information content (AvgIpc) is 3.10. The fourth-order valence-corrected chi connectivity index (χ4v) is 4.55. The number of benzene rings is 1. The van der Waals surface area contributed by atoms with Crippen LogP contribution in [0.2, 0.25) is 10.0 Å². The molecular weight excluding hydrogens is 425 g/mol. The number of likely N-dealkylation sites (tertiary alicyclic amines) is 1. The fourth-order valence-electron chi connectivity index (χ4n) is 4.24. The lowest BCUT2D eigenvalue weighted by Gasteiger charge is -2.38. The molecule has 30 heavy (non-hydrogen) atoms. The van der Waals surface area contributed by atoms with Crippen LogP contribution in [0, 0.1) is 0 Å². The number of methoxy groups -OCH3 is 1. The third kappa shape index (κ3) is 5.55. The van der Waals surface area contributed by atoms with Gasteiger partial charge in [0.25, 0.3) is 0 Å². The molecule has 0 radical (unpaired) electrons. The molecule has 1 aromatic carbocycles. The van der Waals surface area contributed by atoms with Crippen molar-refractivity contribution in [2.75, 3.05) is 39.9 Å². The molecule has 8 heteroatoms. The Bertz CT molecular complexity index is 802. The molecule has 2 aliphatic heterocycles. The molecular formula is C22H29Cl2N3O3. The number of hydrogen-bond acceptors (Lipinski definition) is 4. The molecule has 0 spiro atoms. The first-order valence-electron chi connectivity index (χ1n) is 10.4. The van der Waals surface area contributed by atoms with Crippen LogP contribution in [-0.2, 0) is 14.3 Å². The van der Waals surface area contributed by atoms with Crippen molar-refractivity contribution in [2.45, 2.75) is 38.4 Å². The summed E-state index contributed by atoms with van der Waals surface area (Å²) < 4.78 is 5.35. The lowest BCUT2D eigenvalue weighted by Crippen LogP contribution is -2.52. The molecule has 0 N–H and O–H groups in total. The number of nitrogens with zero attached hydrogens (tertiary/aromatic N) is 3. The molecule has 2 amide bonds. The molecule has 0 aliphatic carbocycles. The van der Waals surface area contributed by atoms with E-state index in [1.165, 1.54) is 6.08 Å². The van der Waals surface area contributed by atoms with Crippen molar-refractivity contribution in [3.05, 3.63) is 39.9 Å². The van der Waals surface area contributed by atoms with Crippen molar-refractivity contribution in [1.29, 1.82) is 0 Å². The van der Waals surface area contributed by atoms with Crippen LogP contribution < -0.4 is 0 Å². The number of amides is 2. The zero-order valence-corrected chi connectivity index (χ0v) is 19.0. The van der Waals surface area contributed by atoms with E-state index in [9.17, 15) is 9.59 Å². The second kappa shape index (κ2) is 10.6. The minimum Gasteiger partial charge on any atom is -0.383 e. The van der Waals surface area contributed by atoms with E-state index in [1.54, 1.807) is 36.3 Å². The predicted molar refractivity (Wildman–Crippen MR) is 119 cm³/mol. The second-order valence-corrected chi connectivity index (χ2v) is 8.60. The van der Waals surface area contributed by atoms with Gasteiger partial charge in [0.15, 0.2) is 0 Å². The molecule has 2 atom stereocenters. The first-order valence-corrected chi connectivity index (χ1v) is 11.1. The van der Waals surface area contributed by atoms with Crippen LogP contribution in [0.3, 0.4) is 0 Å². The highest BCUT2D eigenvalue weighted by molar-refractivity contribution is 6.42. The topological polar surface area (TPSA) is 53.1 Å². The normalized spacial score (nSPS) is 22.0. The largest absolute Gasteiger partial charge is 0.383 e. The van der Waals surface area contributed by atoms with E-state index < -0.39 is 0 Å². The second-order valence-electron chi connectivity index (χ2n) is 7.79. The molecule has 3 rings (SSSR count). The van der Waals surface area contributed by atoms with Crippen LogP contribution >= 0.6 is 23.2 Å². The summed E-state index contributed by atoms with van der Waals surface area (Å²) in [6.45, 7) is 5.19. The van der Waals surface area contributed by atoms with Gasteiger partial charge in [-0.05, 0) is 43.5 Å². The summed E-state index contributed by atoms with van der Waals surface area (Å²) >= 11 is 12.0. The number of ether oxygens (including phenoxy) is 1. The molecule has 0 bridgehead atoms. The van der Waals surface area contributed by atoms with Gasteiger partial charge in [-0.3, -0.25) is 14.5 Å². The average molecular weight is 454 g/mol. The van der Waals surface area contributed by atoms with E-state index in [1.807, 2.05) is 4.90 Å². The molecule has 2 saturated heterocycles. The third-order valence-electron chi connectivity index (χ3n) is 5.91. The van der Waals surface area contributed by atoms with E-state index in [4.69, 9.17) is 27.9 Å². The van der Waals surface area contributed by atoms with E-state index in [0.717, 1.165) is 24.9 Å². The molecule has 6 nitrogen and oxygen atoms in total. The van der Waals surface area contributed by atoms with Crippen LogP contribution in [0.1, 0.15) is 31.7 Å². The maximum Gasteiger partial charge on any atom is 0.246 e. The number of carbonyl (C=O) groups excluding carboxylic acids is 2. The Morgan fingerprint density at radius 3 is 2.77 bits per heavy atom. The van der Waals surface area contributed by atoms with Gasteiger partial charge < -0.3 is 14.5 Å². The molecule has 0 saturated carbocycles. The highest BCUT2D eigenvalue weighted by Crippen LogP contribution is 2.24. The van der Waals surface area contributed by atoms with Crippen molar-refractivity contribution >= 4 is 41.1 Å². The van der Waals surface area contributed by atoms with Gasteiger partial charge in [0.2, 0.25) is 11.8 Å². The minimum absolute atomic E-state index is 0.00181. The van der Waals surface area contributed by atoms with E-state index >= 15 is 0 Å². The first kappa shape index (κ1) is 23.1. The summed E-state index contributed by atoms with van der Waals surface area (Å²) in [6, 6.07) is 5.57. The Kier molecular flexibility index (Phi) is 8.17. The van der Waals surface area contributed by atoms with Gasteiger partial charge in [-0.15, -0.1) is 0 Å². The monoisotopic (exact) mass is 453 g/mol.